The molecule has 0 spiro atoms. The van der Waals surface area contributed by atoms with Crippen molar-refractivity contribution >= 4 is 21.6 Å². The van der Waals surface area contributed by atoms with E-state index in [1.807, 2.05) is 0 Å². The molecule has 0 bridgehead atoms. The number of benzene rings is 1. The summed E-state index contributed by atoms with van der Waals surface area (Å²) in [5.74, 6) is 0. The fraction of sp³-hybridized carbons (Fsp3) is 0.250. The first-order valence-electron chi connectivity index (χ1n) is 3.64. The van der Waals surface area contributed by atoms with Crippen molar-refractivity contribution in [2.45, 2.75) is 13.0 Å². The molecule has 0 aliphatic heterocycles. The number of rotatable bonds is 2. The molecule has 0 aromatic heterocycles. The predicted octanol–water partition coefficient (Wildman–Crippen LogP) is 2.41. The largest absolute Gasteiger partial charge is 0.388 e. The van der Waals surface area contributed by atoms with Crippen LogP contribution in [0.1, 0.15) is 18.6 Å². The van der Waals surface area contributed by atoms with Crippen LogP contribution in [0.25, 0.3) is 0 Å². The van der Waals surface area contributed by atoms with Crippen LogP contribution in [0.2, 0.25) is 0 Å². The van der Waals surface area contributed by atoms with Gasteiger partial charge in [0.1, 0.15) is 0 Å². The second kappa shape index (κ2) is 3.85. The smallest absolute Gasteiger partial charge is 0.275 e. The third-order valence-corrected chi connectivity index (χ3v) is 2.13. The molecule has 1 N–H and O–H groups in total. The lowest BCUT2D eigenvalue weighted by atomic mass is 10.1. The van der Waals surface area contributed by atoms with Gasteiger partial charge in [0, 0.05) is 10.5 Å². The van der Waals surface area contributed by atoms with Crippen molar-refractivity contribution in [1.29, 1.82) is 0 Å². The predicted molar refractivity (Wildman–Crippen MR) is 51.4 cm³/mol. The molecule has 1 aromatic rings. The van der Waals surface area contributed by atoms with Crippen LogP contribution in [0, 0.1) is 10.1 Å². The SMILES string of the molecule is C[C@H](O)c1cc(Br)ccc1[N+](=O)[O-]. The van der Waals surface area contributed by atoms with E-state index in [1.165, 1.54) is 13.0 Å². The summed E-state index contributed by atoms with van der Waals surface area (Å²) in [6, 6.07) is 4.49. The Hall–Kier alpha value is -0.940. The number of aliphatic hydroxyl groups excluding tert-OH is 1. The molecule has 0 heterocycles. The fourth-order valence-corrected chi connectivity index (χ4v) is 1.41. The molecule has 5 heteroatoms. The number of nitro benzene ring substituents is 1. The third kappa shape index (κ3) is 2.26. The van der Waals surface area contributed by atoms with E-state index in [2.05, 4.69) is 15.9 Å². The molecule has 0 aliphatic carbocycles. The summed E-state index contributed by atoms with van der Waals surface area (Å²) in [6.45, 7) is 1.49. The molecule has 0 saturated heterocycles. The Kier molecular flexibility index (Phi) is 3.00. The van der Waals surface area contributed by atoms with E-state index in [4.69, 9.17) is 0 Å². The highest BCUT2D eigenvalue weighted by atomic mass is 79.9. The van der Waals surface area contributed by atoms with Gasteiger partial charge in [-0.3, -0.25) is 10.1 Å². The molecular formula is C8H8BrNO3. The summed E-state index contributed by atoms with van der Waals surface area (Å²) in [5.41, 5.74) is 0.262. The molecule has 0 aliphatic rings. The maximum Gasteiger partial charge on any atom is 0.275 e. The molecule has 0 radical (unpaired) electrons. The lowest BCUT2D eigenvalue weighted by molar-refractivity contribution is -0.386. The van der Waals surface area contributed by atoms with Crippen LogP contribution in [0.4, 0.5) is 5.69 Å². The van der Waals surface area contributed by atoms with Crippen molar-refractivity contribution in [2.24, 2.45) is 0 Å². The second-order valence-electron chi connectivity index (χ2n) is 2.64. The van der Waals surface area contributed by atoms with Gasteiger partial charge < -0.3 is 5.11 Å². The maximum atomic E-state index is 10.5. The summed E-state index contributed by atoms with van der Waals surface area (Å²) in [7, 11) is 0. The van der Waals surface area contributed by atoms with E-state index in [0.29, 0.717) is 10.0 Å². The Morgan fingerprint density at radius 2 is 2.23 bits per heavy atom. The minimum Gasteiger partial charge on any atom is -0.388 e. The van der Waals surface area contributed by atoms with E-state index < -0.39 is 11.0 Å². The van der Waals surface area contributed by atoms with E-state index in [9.17, 15) is 15.2 Å². The van der Waals surface area contributed by atoms with Crippen LogP contribution in [0.5, 0.6) is 0 Å². The second-order valence-corrected chi connectivity index (χ2v) is 3.55. The van der Waals surface area contributed by atoms with Crippen molar-refractivity contribution in [3.8, 4) is 0 Å². The first kappa shape index (κ1) is 10.1. The van der Waals surface area contributed by atoms with Crippen LogP contribution in [-0.2, 0) is 0 Å². The van der Waals surface area contributed by atoms with Crippen molar-refractivity contribution < 1.29 is 10.0 Å². The minimum atomic E-state index is -0.835. The molecule has 4 nitrogen and oxygen atoms in total. The Balaban J connectivity index is 3.26. The molecule has 0 fully saturated rings. The number of hydrogen-bond donors (Lipinski definition) is 1. The minimum absolute atomic E-state index is 0.0572. The van der Waals surface area contributed by atoms with Crippen LogP contribution >= 0.6 is 15.9 Å². The van der Waals surface area contributed by atoms with Crippen LogP contribution in [0.3, 0.4) is 0 Å². The molecule has 1 atom stereocenters. The van der Waals surface area contributed by atoms with Crippen molar-refractivity contribution in [1.82, 2.24) is 0 Å². The zero-order valence-corrected chi connectivity index (χ0v) is 8.48. The molecule has 0 unspecified atom stereocenters. The Bertz CT molecular complexity index is 338. The summed E-state index contributed by atoms with van der Waals surface area (Å²) < 4.78 is 0.717. The summed E-state index contributed by atoms with van der Waals surface area (Å²) in [4.78, 5) is 10.0. The van der Waals surface area contributed by atoms with Crippen LogP contribution in [-0.4, -0.2) is 10.0 Å². The first-order valence-corrected chi connectivity index (χ1v) is 4.43. The van der Waals surface area contributed by atoms with Gasteiger partial charge in [0.15, 0.2) is 0 Å². The number of nitro groups is 1. The number of halogens is 1. The number of hydrogen-bond acceptors (Lipinski definition) is 3. The average molecular weight is 246 g/mol. The van der Waals surface area contributed by atoms with Gasteiger partial charge in [-0.25, -0.2) is 0 Å². The summed E-state index contributed by atoms with van der Waals surface area (Å²) in [5, 5.41) is 19.8. The molecule has 1 aromatic carbocycles. The van der Waals surface area contributed by atoms with Gasteiger partial charge in [-0.05, 0) is 19.1 Å². The van der Waals surface area contributed by atoms with E-state index >= 15 is 0 Å². The molecule has 13 heavy (non-hydrogen) atoms. The first-order chi connectivity index (χ1) is 6.02. The van der Waals surface area contributed by atoms with Gasteiger partial charge in [0.25, 0.3) is 5.69 Å². The monoisotopic (exact) mass is 245 g/mol. The highest BCUT2D eigenvalue weighted by molar-refractivity contribution is 9.10. The van der Waals surface area contributed by atoms with Gasteiger partial charge in [-0.2, -0.15) is 0 Å². The van der Waals surface area contributed by atoms with Crippen molar-refractivity contribution in [3.05, 3.63) is 38.3 Å². The van der Waals surface area contributed by atoms with E-state index in [1.54, 1.807) is 12.1 Å². The standard InChI is InChI=1S/C8H8BrNO3/c1-5(11)7-4-6(9)2-3-8(7)10(12)13/h2-5,11H,1H3/t5-/m0/s1. The van der Waals surface area contributed by atoms with Crippen molar-refractivity contribution in [3.63, 3.8) is 0 Å². The Morgan fingerprint density at radius 3 is 2.69 bits per heavy atom. The van der Waals surface area contributed by atoms with Crippen molar-refractivity contribution in [2.75, 3.05) is 0 Å². The number of aliphatic hydroxyl groups is 1. The quantitative estimate of drug-likeness (QED) is 0.643. The molecule has 70 valence electrons. The Morgan fingerprint density at radius 1 is 1.62 bits per heavy atom. The highest BCUT2D eigenvalue weighted by Crippen LogP contribution is 2.27. The van der Waals surface area contributed by atoms with Gasteiger partial charge in [0.05, 0.1) is 16.6 Å². The van der Waals surface area contributed by atoms with Gasteiger partial charge >= 0.3 is 0 Å². The summed E-state index contributed by atoms with van der Waals surface area (Å²) >= 11 is 3.18. The van der Waals surface area contributed by atoms with Crippen LogP contribution < -0.4 is 0 Å². The number of nitrogens with zero attached hydrogens (tertiary/aromatic N) is 1. The molecule has 1 rings (SSSR count). The lowest BCUT2D eigenvalue weighted by Gasteiger charge is -2.05. The van der Waals surface area contributed by atoms with E-state index in [0.717, 1.165) is 0 Å². The summed E-state index contributed by atoms with van der Waals surface area (Å²) in [6.07, 6.45) is -0.835. The van der Waals surface area contributed by atoms with Gasteiger partial charge in [-0.1, -0.05) is 15.9 Å². The Labute approximate surface area is 83.5 Å². The third-order valence-electron chi connectivity index (χ3n) is 1.64. The van der Waals surface area contributed by atoms with E-state index in [-0.39, 0.29) is 5.69 Å². The van der Waals surface area contributed by atoms with Gasteiger partial charge in [0.2, 0.25) is 0 Å². The normalized spacial score (nSPS) is 12.5. The topological polar surface area (TPSA) is 63.4 Å². The fourth-order valence-electron chi connectivity index (χ4n) is 1.03. The average Bonchev–Trinajstić information content (AvgIpc) is 2.03. The van der Waals surface area contributed by atoms with Crippen LogP contribution in [0.15, 0.2) is 22.7 Å². The molecular weight excluding hydrogens is 238 g/mol. The molecule has 0 amide bonds. The lowest BCUT2D eigenvalue weighted by Crippen LogP contribution is -1.98. The zero-order chi connectivity index (χ0) is 10.0. The molecule has 0 saturated carbocycles. The maximum absolute atomic E-state index is 10.5. The highest BCUT2D eigenvalue weighted by Gasteiger charge is 2.16. The zero-order valence-electron chi connectivity index (χ0n) is 6.90. The van der Waals surface area contributed by atoms with Gasteiger partial charge in [-0.15, -0.1) is 0 Å².